The highest BCUT2D eigenvalue weighted by Crippen LogP contribution is 2.37. The molecule has 1 aliphatic rings. The first-order valence-electron chi connectivity index (χ1n) is 9.28. The molecule has 0 amide bonds. The highest BCUT2D eigenvalue weighted by molar-refractivity contribution is 6.30. The summed E-state index contributed by atoms with van der Waals surface area (Å²) in [5.41, 5.74) is 9.18. The van der Waals surface area contributed by atoms with Gasteiger partial charge in [0, 0.05) is 28.8 Å². The van der Waals surface area contributed by atoms with E-state index in [1.54, 1.807) is 0 Å². The maximum absolute atomic E-state index is 6.12. The van der Waals surface area contributed by atoms with Crippen molar-refractivity contribution in [2.24, 2.45) is 0 Å². The van der Waals surface area contributed by atoms with Crippen LogP contribution in [0.2, 0.25) is 5.02 Å². The molecule has 0 fully saturated rings. The van der Waals surface area contributed by atoms with Gasteiger partial charge in [-0.25, -0.2) is 0 Å². The normalized spacial score (nSPS) is 12.3. The van der Waals surface area contributed by atoms with Gasteiger partial charge in [0.25, 0.3) is 0 Å². The monoisotopic (exact) mass is 368 g/mol. The molecule has 0 radical (unpaired) electrons. The van der Waals surface area contributed by atoms with Crippen molar-refractivity contribution in [1.82, 2.24) is 0 Å². The lowest BCUT2D eigenvalue weighted by atomic mass is 9.84. The largest absolute Gasteiger partial charge is 0.222 e. The third kappa shape index (κ3) is 2.85. The molecular weight excluding hydrogens is 350 g/mol. The number of rotatable bonds is 2. The van der Waals surface area contributed by atoms with Gasteiger partial charge in [0.05, 0.1) is 5.56 Å². The minimum atomic E-state index is 0.759. The first-order chi connectivity index (χ1) is 13.3. The maximum atomic E-state index is 6.12. The lowest BCUT2D eigenvalue weighted by Crippen LogP contribution is -2.36. The van der Waals surface area contributed by atoms with E-state index in [9.17, 15) is 0 Å². The van der Waals surface area contributed by atoms with E-state index >= 15 is 0 Å². The Labute approximate surface area is 164 Å². The molecule has 27 heavy (non-hydrogen) atoms. The summed E-state index contributed by atoms with van der Waals surface area (Å²) < 4.78 is 2.30. The van der Waals surface area contributed by atoms with Gasteiger partial charge >= 0.3 is 0 Å². The summed E-state index contributed by atoms with van der Waals surface area (Å²) in [6.07, 6.45) is 4.31. The molecule has 0 saturated heterocycles. The molecule has 0 spiro atoms. The van der Waals surface area contributed by atoms with E-state index in [2.05, 4.69) is 83.6 Å². The zero-order valence-corrected chi connectivity index (χ0v) is 15.7. The Morgan fingerprint density at radius 3 is 2.22 bits per heavy atom. The Hall–Kier alpha value is -2.90. The van der Waals surface area contributed by atoms with E-state index in [1.165, 1.54) is 33.5 Å². The summed E-state index contributed by atoms with van der Waals surface area (Å²) in [5.74, 6) is 0. The summed E-state index contributed by atoms with van der Waals surface area (Å²) in [6, 6.07) is 29.8. The molecule has 0 atom stereocenters. The van der Waals surface area contributed by atoms with E-state index in [1.807, 2.05) is 12.1 Å². The van der Waals surface area contributed by atoms with E-state index in [0.717, 1.165) is 23.6 Å². The molecule has 0 saturated carbocycles. The molecule has 1 heterocycles. The second-order valence-corrected chi connectivity index (χ2v) is 7.36. The summed E-state index contributed by atoms with van der Waals surface area (Å²) >= 11 is 6.12. The van der Waals surface area contributed by atoms with Gasteiger partial charge in [-0.2, -0.15) is 4.57 Å². The maximum Gasteiger partial charge on any atom is 0.222 e. The molecule has 4 aromatic rings. The fourth-order valence-corrected chi connectivity index (χ4v) is 4.20. The van der Waals surface area contributed by atoms with Crippen molar-refractivity contribution in [1.29, 1.82) is 0 Å². The number of aryl methyl sites for hydroxylation is 1. The average molecular weight is 369 g/mol. The van der Waals surface area contributed by atoms with Crippen molar-refractivity contribution < 1.29 is 4.57 Å². The number of benzene rings is 3. The van der Waals surface area contributed by atoms with Gasteiger partial charge < -0.3 is 0 Å². The summed E-state index contributed by atoms with van der Waals surface area (Å²) in [6.45, 7) is 0. The van der Waals surface area contributed by atoms with Crippen LogP contribution in [0, 0.1) is 0 Å². The summed E-state index contributed by atoms with van der Waals surface area (Å²) in [7, 11) is 0. The van der Waals surface area contributed by atoms with Crippen molar-refractivity contribution in [3.63, 3.8) is 0 Å². The Morgan fingerprint density at radius 1 is 0.667 bits per heavy atom. The van der Waals surface area contributed by atoms with Crippen molar-refractivity contribution in [2.75, 3.05) is 0 Å². The fraction of sp³-hybridized carbons (Fsp3) is 0.0800. The van der Waals surface area contributed by atoms with Crippen LogP contribution in [0.25, 0.3) is 28.1 Å². The summed E-state index contributed by atoms with van der Waals surface area (Å²) in [5, 5.41) is 0.759. The summed E-state index contributed by atoms with van der Waals surface area (Å²) in [4.78, 5) is 0. The standard InChI is InChI=1S/C25H19ClN/c26-20-11-13-21(14-12-20)27-17-16-22(18-6-2-1-3-7-18)24-15-10-19-8-4-5-9-23(19)25(24)27/h1-9,11-14,16-17H,10,15H2/q+1. The van der Waals surface area contributed by atoms with Gasteiger partial charge in [0.1, 0.15) is 0 Å². The van der Waals surface area contributed by atoms with Gasteiger partial charge in [-0.1, -0.05) is 60.1 Å². The molecular formula is C25H19ClN+. The van der Waals surface area contributed by atoms with E-state index in [0.29, 0.717) is 0 Å². The number of hydrogen-bond donors (Lipinski definition) is 0. The highest BCUT2D eigenvalue weighted by Gasteiger charge is 2.29. The molecule has 5 rings (SSSR count). The van der Waals surface area contributed by atoms with Gasteiger partial charge in [0.15, 0.2) is 6.20 Å². The Bertz CT molecular complexity index is 1110. The number of halogens is 1. The minimum Gasteiger partial charge on any atom is -0.160 e. The number of pyridine rings is 1. The van der Waals surface area contributed by atoms with Crippen molar-refractivity contribution in [3.05, 3.63) is 107 Å². The zero-order valence-electron chi connectivity index (χ0n) is 14.9. The van der Waals surface area contributed by atoms with E-state index in [-0.39, 0.29) is 0 Å². The molecule has 1 nitrogen and oxygen atoms in total. The number of hydrogen-bond acceptors (Lipinski definition) is 0. The third-order valence-electron chi connectivity index (χ3n) is 5.35. The smallest absolute Gasteiger partial charge is 0.160 e. The number of fused-ring (bicyclic) bond motifs is 3. The van der Waals surface area contributed by atoms with Crippen molar-refractivity contribution >= 4 is 11.6 Å². The Balaban J connectivity index is 1.81. The third-order valence-corrected chi connectivity index (χ3v) is 5.60. The second-order valence-electron chi connectivity index (χ2n) is 6.93. The van der Waals surface area contributed by atoms with Crippen LogP contribution in [0.3, 0.4) is 0 Å². The first-order valence-corrected chi connectivity index (χ1v) is 9.66. The molecule has 0 N–H and O–H groups in total. The molecule has 0 aliphatic heterocycles. The number of aromatic nitrogens is 1. The predicted octanol–water partition coefficient (Wildman–Crippen LogP) is 6.05. The molecule has 1 aromatic heterocycles. The lowest BCUT2D eigenvalue weighted by molar-refractivity contribution is -0.584. The van der Waals surface area contributed by atoms with E-state index < -0.39 is 0 Å². The molecule has 1 aliphatic carbocycles. The van der Waals surface area contributed by atoms with Gasteiger partial charge in [0.2, 0.25) is 11.4 Å². The molecule has 130 valence electrons. The fourth-order valence-electron chi connectivity index (χ4n) is 4.08. The first kappa shape index (κ1) is 16.3. The van der Waals surface area contributed by atoms with Crippen molar-refractivity contribution in [2.45, 2.75) is 12.8 Å². The van der Waals surface area contributed by atoms with Crippen LogP contribution in [0.15, 0.2) is 91.1 Å². The van der Waals surface area contributed by atoms with Crippen LogP contribution < -0.4 is 4.57 Å². The zero-order chi connectivity index (χ0) is 18.2. The quantitative estimate of drug-likeness (QED) is 0.379. The SMILES string of the molecule is Clc1ccc(-[n+]2ccc(-c3ccccc3)c3c2-c2ccccc2CC3)cc1. The van der Waals surface area contributed by atoms with Crippen LogP contribution in [0.1, 0.15) is 11.1 Å². The van der Waals surface area contributed by atoms with Crippen LogP contribution in [0.4, 0.5) is 0 Å². The Morgan fingerprint density at radius 2 is 1.41 bits per heavy atom. The minimum absolute atomic E-state index is 0.759. The topological polar surface area (TPSA) is 3.88 Å². The van der Waals surface area contributed by atoms with Crippen molar-refractivity contribution in [3.8, 4) is 28.1 Å². The average Bonchev–Trinajstić information content (AvgIpc) is 2.74. The van der Waals surface area contributed by atoms with Crippen LogP contribution in [-0.2, 0) is 12.8 Å². The van der Waals surface area contributed by atoms with E-state index in [4.69, 9.17) is 11.6 Å². The molecule has 0 unspecified atom stereocenters. The highest BCUT2D eigenvalue weighted by atomic mass is 35.5. The lowest BCUT2D eigenvalue weighted by Gasteiger charge is -2.20. The van der Waals surface area contributed by atoms with Crippen LogP contribution >= 0.6 is 11.6 Å². The molecule has 3 aromatic carbocycles. The second kappa shape index (κ2) is 6.68. The van der Waals surface area contributed by atoms with Crippen LogP contribution in [0.5, 0.6) is 0 Å². The van der Waals surface area contributed by atoms with Gasteiger partial charge in [-0.05, 0) is 47.7 Å². The molecule has 0 bridgehead atoms. The Kier molecular flexibility index (Phi) is 4.03. The number of nitrogens with zero attached hydrogens (tertiary/aromatic N) is 1. The van der Waals surface area contributed by atoms with Gasteiger partial charge in [-0.3, -0.25) is 0 Å². The van der Waals surface area contributed by atoms with Gasteiger partial charge in [-0.15, -0.1) is 0 Å². The van der Waals surface area contributed by atoms with Crippen LogP contribution in [-0.4, -0.2) is 0 Å². The molecule has 2 heteroatoms. The predicted molar refractivity (Wildman–Crippen MR) is 111 cm³/mol.